The molecule has 8 heteroatoms. The molecule has 0 radical (unpaired) electrons. The molecule has 100 valence electrons. The smallest absolute Gasteiger partial charge is 0.151 e. The SMILES string of the molecule is CCO.N.O=C[C@H](O)[C@@H](O)[C@H](O)[C@H](O)CO. The van der Waals surface area contributed by atoms with Crippen molar-refractivity contribution in [2.24, 2.45) is 0 Å². The highest BCUT2D eigenvalue weighted by molar-refractivity contribution is 5.56. The second kappa shape index (κ2) is 12.5. The lowest BCUT2D eigenvalue weighted by Crippen LogP contribution is -2.46. The normalized spacial score (nSPS) is 16.9. The summed E-state index contributed by atoms with van der Waals surface area (Å²) in [4.78, 5) is 9.90. The van der Waals surface area contributed by atoms with E-state index in [0.717, 1.165) is 0 Å². The predicted octanol–water partition coefficient (Wildman–Crippen LogP) is -3.22. The van der Waals surface area contributed by atoms with E-state index >= 15 is 0 Å². The zero-order valence-electron chi connectivity index (χ0n) is 9.10. The van der Waals surface area contributed by atoms with Crippen LogP contribution in [0.15, 0.2) is 0 Å². The molecule has 0 aliphatic heterocycles. The lowest BCUT2D eigenvalue weighted by Gasteiger charge is -2.22. The van der Waals surface area contributed by atoms with Crippen LogP contribution in [0.5, 0.6) is 0 Å². The number of hydrogen-bond acceptors (Lipinski definition) is 8. The van der Waals surface area contributed by atoms with E-state index in [9.17, 15) is 4.79 Å². The molecule has 0 unspecified atom stereocenters. The van der Waals surface area contributed by atoms with Crippen molar-refractivity contribution in [1.82, 2.24) is 6.15 Å². The Morgan fingerprint density at radius 2 is 1.44 bits per heavy atom. The van der Waals surface area contributed by atoms with Crippen LogP contribution < -0.4 is 6.15 Å². The molecule has 0 saturated carbocycles. The van der Waals surface area contributed by atoms with Gasteiger partial charge in [-0.2, -0.15) is 0 Å². The van der Waals surface area contributed by atoms with Crippen LogP contribution in [0.3, 0.4) is 0 Å². The predicted molar refractivity (Wildman–Crippen MR) is 55.0 cm³/mol. The standard InChI is InChI=1S/C6H12O6.C2H6O.H3N/c7-1-3(9)5(11)6(12)4(10)2-8;1-2-3;/h1,3-6,8-12H,2H2;3H,2H2,1H3;1H3/t3-,4+,5+,6+;;/m0../s1. The van der Waals surface area contributed by atoms with Crippen molar-refractivity contribution in [2.45, 2.75) is 31.3 Å². The third-order valence-corrected chi connectivity index (χ3v) is 1.42. The second-order valence-corrected chi connectivity index (χ2v) is 2.67. The number of aldehydes is 1. The Bertz CT molecular complexity index is 157. The van der Waals surface area contributed by atoms with E-state index in [-0.39, 0.29) is 19.0 Å². The third kappa shape index (κ3) is 8.68. The van der Waals surface area contributed by atoms with Crippen molar-refractivity contribution < 1.29 is 35.4 Å². The molecule has 0 amide bonds. The molecular formula is C8H21NO7. The lowest BCUT2D eigenvalue weighted by molar-refractivity contribution is -0.136. The minimum absolute atomic E-state index is 0. The number of aliphatic hydroxyl groups excluding tert-OH is 6. The Hall–Kier alpha value is -0.610. The summed E-state index contributed by atoms with van der Waals surface area (Å²) >= 11 is 0. The Morgan fingerprint density at radius 1 is 1.06 bits per heavy atom. The maximum absolute atomic E-state index is 9.90. The Labute approximate surface area is 93.4 Å². The quantitative estimate of drug-likeness (QED) is 0.247. The number of rotatable bonds is 5. The molecule has 16 heavy (non-hydrogen) atoms. The van der Waals surface area contributed by atoms with Crippen molar-refractivity contribution in [2.75, 3.05) is 13.2 Å². The first-order valence-electron chi connectivity index (χ1n) is 4.35. The lowest BCUT2D eigenvalue weighted by atomic mass is 10.0. The molecule has 0 aromatic carbocycles. The van der Waals surface area contributed by atoms with Gasteiger partial charge in [0.15, 0.2) is 6.29 Å². The van der Waals surface area contributed by atoms with Gasteiger partial charge in [-0.3, -0.25) is 0 Å². The molecule has 8 nitrogen and oxygen atoms in total. The molecule has 9 N–H and O–H groups in total. The average molecular weight is 243 g/mol. The molecule has 0 heterocycles. The second-order valence-electron chi connectivity index (χ2n) is 2.67. The number of hydrogen-bond donors (Lipinski definition) is 7. The summed E-state index contributed by atoms with van der Waals surface area (Å²) in [6.45, 7) is 1.17. The van der Waals surface area contributed by atoms with E-state index in [2.05, 4.69) is 0 Å². The van der Waals surface area contributed by atoms with E-state index in [4.69, 9.17) is 30.6 Å². The fraction of sp³-hybridized carbons (Fsp3) is 0.875. The van der Waals surface area contributed by atoms with Gasteiger partial charge in [0.25, 0.3) is 0 Å². The monoisotopic (exact) mass is 243 g/mol. The van der Waals surface area contributed by atoms with Gasteiger partial charge in [0.05, 0.1) is 6.61 Å². The fourth-order valence-corrected chi connectivity index (χ4v) is 0.618. The molecule has 0 aliphatic carbocycles. The molecule has 0 spiro atoms. The topological polar surface area (TPSA) is 173 Å². The maximum Gasteiger partial charge on any atom is 0.151 e. The summed E-state index contributed by atoms with van der Waals surface area (Å²) in [6, 6.07) is 0. The molecule has 0 aliphatic rings. The van der Waals surface area contributed by atoms with Crippen LogP contribution in [0.2, 0.25) is 0 Å². The van der Waals surface area contributed by atoms with Crippen LogP contribution in [0.4, 0.5) is 0 Å². The Balaban J connectivity index is -0.000000377. The number of carbonyl (C=O) groups excluding carboxylic acids is 1. The van der Waals surface area contributed by atoms with Gasteiger partial charge in [-0.15, -0.1) is 0 Å². The van der Waals surface area contributed by atoms with Gasteiger partial charge in [0, 0.05) is 6.61 Å². The fourth-order valence-electron chi connectivity index (χ4n) is 0.618. The van der Waals surface area contributed by atoms with Crippen molar-refractivity contribution in [3.8, 4) is 0 Å². The van der Waals surface area contributed by atoms with Crippen molar-refractivity contribution in [3.05, 3.63) is 0 Å². The molecule has 0 bridgehead atoms. The first kappa shape index (κ1) is 20.8. The average Bonchev–Trinajstić information content (AvgIpc) is 2.25. The summed E-state index contributed by atoms with van der Waals surface area (Å²) in [5, 5.41) is 51.1. The van der Waals surface area contributed by atoms with Crippen molar-refractivity contribution in [1.29, 1.82) is 0 Å². The molecule has 0 rings (SSSR count). The number of carbonyl (C=O) groups is 1. The molecule has 0 saturated heterocycles. The molecule has 0 aromatic rings. The van der Waals surface area contributed by atoms with Gasteiger partial charge in [-0.1, -0.05) is 0 Å². The van der Waals surface area contributed by atoms with Gasteiger partial charge in [-0.25, -0.2) is 0 Å². The highest BCUT2D eigenvalue weighted by atomic mass is 16.4. The van der Waals surface area contributed by atoms with E-state index in [0.29, 0.717) is 0 Å². The highest BCUT2D eigenvalue weighted by Crippen LogP contribution is 2.02. The van der Waals surface area contributed by atoms with E-state index in [1.807, 2.05) is 0 Å². The van der Waals surface area contributed by atoms with Crippen molar-refractivity contribution in [3.63, 3.8) is 0 Å². The zero-order chi connectivity index (χ0) is 12.4. The maximum atomic E-state index is 9.90. The Morgan fingerprint density at radius 3 is 1.69 bits per heavy atom. The largest absolute Gasteiger partial charge is 0.397 e. The first-order chi connectivity index (χ1) is 6.95. The Kier molecular flexibility index (Phi) is 16.2. The summed E-state index contributed by atoms with van der Waals surface area (Å²) in [7, 11) is 0. The van der Waals surface area contributed by atoms with Gasteiger partial charge in [0.1, 0.15) is 24.4 Å². The molecular weight excluding hydrogens is 222 g/mol. The van der Waals surface area contributed by atoms with Crippen LogP contribution in [0.25, 0.3) is 0 Å². The summed E-state index contributed by atoms with van der Waals surface area (Å²) < 4.78 is 0. The van der Waals surface area contributed by atoms with Gasteiger partial charge >= 0.3 is 0 Å². The van der Waals surface area contributed by atoms with Crippen LogP contribution >= 0.6 is 0 Å². The van der Waals surface area contributed by atoms with E-state index in [1.54, 1.807) is 6.92 Å². The molecule has 0 fully saturated rings. The molecule has 0 aromatic heterocycles. The third-order valence-electron chi connectivity index (χ3n) is 1.42. The number of aliphatic hydroxyl groups is 6. The van der Waals surface area contributed by atoms with E-state index < -0.39 is 31.0 Å². The molecule has 4 atom stereocenters. The summed E-state index contributed by atoms with van der Waals surface area (Å²) in [5.74, 6) is 0. The first-order valence-corrected chi connectivity index (χ1v) is 4.35. The summed E-state index contributed by atoms with van der Waals surface area (Å²) in [6.07, 6.45) is -6.84. The zero-order valence-corrected chi connectivity index (χ0v) is 9.10. The van der Waals surface area contributed by atoms with Gasteiger partial charge in [-0.05, 0) is 6.92 Å². The van der Waals surface area contributed by atoms with Crippen LogP contribution in [-0.4, -0.2) is 74.6 Å². The van der Waals surface area contributed by atoms with E-state index in [1.165, 1.54) is 0 Å². The van der Waals surface area contributed by atoms with Gasteiger partial charge in [0.2, 0.25) is 0 Å². The van der Waals surface area contributed by atoms with Crippen molar-refractivity contribution >= 4 is 6.29 Å². The van der Waals surface area contributed by atoms with Crippen LogP contribution in [0, 0.1) is 0 Å². The van der Waals surface area contributed by atoms with Gasteiger partial charge < -0.3 is 41.6 Å². The summed E-state index contributed by atoms with van der Waals surface area (Å²) in [5.41, 5.74) is 0. The minimum atomic E-state index is -1.79. The highest BCUT2D eigenvalue weighted by Gasteiger charge is 2.29. The van der Waals surface area contributed by atoms with Crippen LogP contribution in [0.1, 0.15) is 6.92 Å². The minimum Gasteiger partial charge on any atom is -0.397 e. The van der Waals surface area contributed by atoms with Crippen LogP contribution in [-0.2, 0) is 4.79 Å².